The molecular weight excluding hydrogens is 332 g/mol. The van der Waals surface area contributed by atoms with Crippen molar-refractivity contribution in [2.75, 3.05) is 26.2 Å². The van der Waals surface area contributed by atoms with Crippen molar-refractivity contribution in [2.45, 2.75) is 53.4 Å². The molecule has 0 aliphatic carbocycles. The number of aliphatic imine (C=N–C) groups is 2. The van der Waals surface area contributed by atoms with Crippen molar-refractivity contribution in [3.05, 3.63) is 35.5 Å². The number of nitrogens with zero attached hydrogens (tertiary/aromatic N) is 3. The fourth-order valence-corrected chi connectivity index (χ4v) is 2.54. The van der Waals surface area contributed by atoms with E-state index in [2.05, 4.69) is 41.4 Å². The number of halogens is 1. The van der Waals surface area contributed by atoms with Crippen molar-refractivity contribution in [2.24, 2.45) is 15.7 Å². The van der Waals surface area contributed by atoms with Crippen molar-refractivity contribution in [1.82, 2.24) is 4.90 Å². The fraction of sp³-hybridized carbons (Fsp3) is 0.600. The van der Waals surface area contributed by atoms with Crippen molar-refractivity contribution >= 4 is 23.1 Å². The Morgan fingerprint density at radius 3 is 2.32 bits per heavy atom. The summed E-state index contributed by atoms with van der Waals surface area (Å²) in [5, 5.41) is 0.787. The fourth-order valence-electron chi connectivity index (χ4n) is 2.46. The lowest BCUT2D eigenvalue weighted by Crippen LogP contribution is -2.30. The van der Waals surface area contributed by atoms with Crippen LogP contribution in [0.3, 0.4) is 0 Å². The van der Waals surface area contributed by atoms with E-state index < -0.39 is 0 Å². The molecule has 0 spiro atoms. The number of rotatable bonds is 13. The molecule has 2 N–H and O–H groups in total. The molecule has 0 radical (unpaired) electrons. The molecule has 142 valence electrons. The van der Waals surface area contributed by atoms with Crippen LogP contribution in [0.4, 0.5) is 0 Å². The molecule has 0 aromatic heterocycles. The highest BCUT2D eigenvalue weighted by atomic mass is 35.5. The summed E-state index contributed by atoms with van der Waals surface area (Å²) < 4.78 is 0. The van der Waals surface area contributed by atoms with Crippen LogP contribution in [0.5, 0.6) is 0 Å². The largest absolute Gasteiger partial charge is 0.382 e. The Morgan fingerprint density at radius 2 is 1.84 bits per heavy atom. The second-order valence-electron chi connectivity index (χ2n) is 5.99. The maximum Gasteiger partial charge on any atom is 0.140 e. The number of allylic oxidation sites excluding steroid dienone is 4. The van der Waals surface area contributed by atoms with Gasteiger partial charge in [-0.3, -0.25) is 9.98 Å². The molecule has 0 heterocycles. The van der Waals surface area contributed by atoms with E-state index >= 15 is 0 Å². The zero-order valence-corrected chi connectivity index (χ0v) is 17.1. The molecule has 0 bridgehead atoms. The van der Waals surface area contributed by atoms with Crippen molar-refractivity contribution in [1.29, 1.82) is 0 Å². The van der Waals surface area contributed by atoms with Crippen LogP contribution >= 0.6 is 11.6 Å². The number of nitrogens with two attached hydrogens (primary N) is 1. The van der Waals surface area contributed by atoms with Crippen LogP contribution in [-0.2, 0) is 0 Å². The minimum Gasteiger partial charge on any atom is -0.382 e. The van der Waals surface area contributed by atoms with Crippen LogP contribution in [0, 0.1) is 0 Å². The van der Waals surface area contributed by atoms with E-state index in [-0.39, 0.29) is 0 Å². The van der Waals surface area contributed by atoms with Gasteiger partial charge in [-0.15, -0.1) is 0 Å². The molecule has 5 heteroatoms. The van der Waals surface area contributed by atoms with E-state index in [1.54, 1.807) is 0 Å². The molecule has 0 aliphatic heterocycles. The van der Waals surface area contributed by atoms with Gasteiger partial charge in [-0.05, 0) is 46.2 Å². The van der Waals surface area contributed by atoms with Gasteiger partial charge in [0, 0.05) is 24.2 Å². The quantitative estimate of drug-likeness (QED) is 0.286. The second-order valence-corrected chi connectivity index (χ2v) is 6.58. The molecule has 0 aliphatic rings. The van der Waals surface area contributed by atoms with Crippen LogP contribution in [0.15, 0.2) is 45.5 Å². The number of hydrogen-bond acceptors (Lipinski definition) is 3. The highest BCUT2D eigenvalue weighted by molar-refractivity contribution is 6.41. The summed E-state index contributed by atoms with van der Waals surface area (Å²) in [7, 11) is 0. The van der Waals surface area contributed by atoms with Crippen LogP contribution in [0.25, 0.3) is 0 Å². The van der Waals surface area contributed by atoms with Crippen molar-refractivity contribution in [3.63, 3.8) is 0 Å². The van der Waals surface area contributed by atoms with Crippen LogP contribution < -0.4 is 5.73 Å². The van der Waals surface area contributed by atoms with E-state index in [1.807, 2.05) is 19.9 Å². The molecular formula is C20H35ClN4. The monoisotopic (exact) mass is 366 g/mol. The smallest absolute Gasteiger partial charge is 0.140 e. The Balaban J connectivity index is 4.87. The Bertz CT molecular complexity index is 494. The van der Waals surface area contributed by atoms with Gasteiger partial charge in [0.1, 0.15) is 5.84 Å². The topological polar surface area (TPSA) is 54.0 Å². The summed E-state index contributed by atoms with van der Waals surface area (Å²) >= 11 is 5.92. The third-order valence-corrected chi connectivity index (χ3v) is 3.92. The van der Waals surface area contributed by atoms with Gasteiger partial charge in [0.05, 0.1) is 12.3 Å². The minimum atomic E-state index is 0.499. The predicted molar refractivity (Wildman–Crippen MR) is 114 cm³/mol. The van der Waals surface area contributed by atoms with Crippen LogP contribution in [0.2, 0.25) is 0 Å². The maximum atomic E-state index is 6.18. The third-order valence-electron chi connectivity index (χ3n) is 3.77. The zero-order chi connectivity index (χ0) is 19.1. The van der Waals surface area contributed by atoms with E-state index in [0.29, 0.717) is 18.8 Å². The van der Waals surface area contributed by atoms with Crippen molar-refractivity contribution in [3.8, 4) is 0 Å². The average Bonchev–Trinajstić information content (AvgIpc) is 2.57. The molecule has 0 rings (SSSR count). The summed E-state index contributed by atoms with van der Waals surface area (Å²) in [5.74, 6) is 0.499. The van der Waals surface area contributed by atoms with Gasteiger partial charge in [-0.25, -0.2) is 0 Å². The first kappa shape index (κ1) is 23.6. The third kappa shape index (κ3) is 11.7. The van der Waals surface area contributed by atoms with Gasteiger partial charge in [0.15, 0.2) is 0 Å². The molecule has 0 unspecified atom stereocenters. The highest BCUT2D eigenvalue weighted by Crippen LogP contribution is 2.13. The summed E-state index contributed by atoms with van der Waals surface area (Å²) in [6, 6.07) is 0. The van der Waals surface area contributed by atoms with Gasteiger partial charge in [-0.2, -0.15) is 0 Å². The lowest BCUT2D eigenvalue weighted by Gasteiger charge is -2.19. The zero-order valence-electron chi connectivity index (χ0n) is 16.4. The first-order chi connectivity index (χ1) is 12.0. The van der Waals surface area contributed by atoms with E-state index in [4.69, 9.17) is 17.3 Å². The molecule has 0 saturated heterocycles. The minimum absolute atomic E-state index is 0.499. The van der Waals surface area contributed by atoms with Gasteiger partial charge in [0.25, 0.3) is 0 Å². The molecule has 0 atom stereocenters. The second kappa shape index (κ2) is 14.9. The highest BCUT2D eigenvalue weighted by Gasteiger charge is 2.08. The van der Waals surface area contributed by atoms with Gasteiger partial charge in [0.2, 0.25) is 0 Å². The molecule has 0 saturated carbocycles. The lowest BCUT2D eigenvalue weighted by molar-refractivity contribution is 0.282. The molecule has 4 nitrogen and oxygen atoms in total. The van der Waals surface area contributed by atoms with E-state index in [1.165, 1.54) is 11.8 Å². The molecule has 0 aromatic rings. The number of amidine groups is 1. The number of hydrogen-bond donors (Lipinski definition) is 1. The Kier molecular flexibility index (Phi) is 14.1. The normalized spacial score (nSPS) is 14.3. The van der Waals surface area contributed by atoms with Crippen LogP contribution in [-0.4, -0.2) is 42.6 Å². The van der Waals surface area contributed by atoms with Gasteiger partial charge < -0.3 is 10.6 Å². The van der Waals surface area contributed by atoms with Crippen molar-refractivity contribution < 1.29 is 0 Å². The molecule has 0 aromatic carbocycles. The first-order valence-corrected chi connectivity index (χ1v) is 9.52. The Hall–Kier alpha value is -1.39. The van der Waals surface area contributed by atoms with E-state index in [0.717, 1.165) is 49.6 Å². The lowest BCUT2D eigenvalue weighted by atomic mass is 10.0. The summed E-state index contributed by atoms with van der Waals surface area (Å²) in [4.78, 5) is 11.3. The predicted octanol–water partition coefficient (Wildman–Crippen LogP) is 4.92. The summed E-state index contributed by atoms with van der Waals surface area (Å²) in [6.07, 6.45) is 9.34. The standard InChI is InChI=1S/C20H35ClN4/c1-6-13-25(14-7-2)15-12-24-20(22)19(23-9-4)16-18(8-3)11-10-17(5)21/h8-10H,4,6-7,11-16H2,1-3,5H3,(H2,22,24)/b17-10?,18-8+,23-19?. The molecule has 0 fully saturated rings. The Morgan fingerprint density at radius 1 is 1.20 bits per heavy atom. The maximum absolute atomic E-state index is 6.18. The van der Waals surface area contributed by atoms with E-state index in [9.17, 15) is 0 Å². The van der Waals surface area contributed by atoms with Gasteiger partial charge in [-0.1, -0.05) is 49.8 Å². The molecule has 0 amide bonds. The average molecular weight is 367 g/mol. The summed E-state index contributed by atoms with van der Waals surface area (Å²) in [5.41, 5.74) is 8.15. The van der Waals surface area contributed by atoms with Gasteiger partial charge >= 0.3 is 0 Å². The summed E-state index contributed by atoms with van der Waals surface area (Å²) in [6.45, 7) is 15.8. The SMILES string of the molecule is C=CN=C(C/C(=C/C)CC=C(C)Cl)C(N)=NCCN(CCC)CCC. The molecule has 25 heavy (non-hydrogen) atoms. The Labute approximate surface area is 159 Å². The van der Waals surface area contributed by atoms with Crippen LogP contribution in [0.1, 0.15) is 53.4 Å². The first-order valence-electron chi connectivity index (χ1n) is 9.14.